The molecular weight excluding hydrogens is 293 g/mol. The van der Waals surface area contributed by atoms with Gasteiger partial charge in [0.15, 0.2) is 0 Å². The fourth-order valence-corrected chi connectivity index (χ4v) is 2.29. The van der Waals surface area contributed by atoms with Crippen LogP contribution in [0.25, 0.3) is 0 Å². The van der Waals surface area contributed by atoms with Crippen molar-refractivity contribution in [3.63, 3.8) is 0 Å². The predicted octanol–water partition coefficient (Wildman–Crippen LogP) is 2.35. The smallest absolute Gasteiger partial charge is 0.379 e. The molecule has 1 unspecified atom stereocenters. The standard InChI is InChI=1S/C12H13F3N2O2S/c13-12(14,15)20-9-3-1-8(2-4-9)17-10(18)11(16)5-6-19-7-11/h1-4H,5-7,16H2,(H,17,18). The number of ether oxygens (including phenoxy) is 1. The first-order chi connectivity index (χ1) is 9.28. The molecule has 8 heteroatoms. The Labute approximate surface area is 117 Å². The van der Waals surface area contributed by atoms with E-state index in [1.54, 1.807) is 0 Å². The maximum Gasteiger partial charge on any atom is 0.446 e. The Hall–Kier alpha value is -1.25. The first-order valence-corrected chi connectivity index (χ1v) is 6.64. The van der Waals surface area contributed by atoms with Crippen molar-refractivity contribution in [1.29, 1.82) is 0 Å². The van der Waals surface area contributed by atoms with Crippen molar-refractivity contribution in [2.24, 2.45) is 5.73 Å². The molecule has 110 valence electrons. The van der Waals surface area contributed by atoms with Gasteiger partial charge in [-0.25, -0.2) is 0 Å². The Morgan fingerprint density at radius 2 is 2.00 bits per heavy atom. The molecule has 1 aliphatic heterocycles. The third kappa shape index (κ3) is 3.87. The van der Waals surface area contributed by atoms with Crippen LogP contribution in [0.1, 0.15) is 6.42 Å². The number of hydrogen-bond acceptors (Lipinski definition) is 4. The summed E-state index contributed by atoms with van der Waals surface area (Å²) in [6, 6.07) is 5.40. The zero-order chi connectivity index (χ0) is 14.8. The summed E-state index contributed by atoms with van der Waals surface area (Å²) in [6.07, 6.45) is 0.418. The number of nitrogens with two attached hydrogens (primary N) is 1. The molecule has 1 saturated heterocycles. The zero-order valence-electron chi connectivity index (χ0n) is 10.4. The van der Waals surface area contributed by atoms with E-state index in [0.717, 1.165) is 0 Å². The monoisotopic (exact) mass is 306 g/mol. The minimum Gasteiger partial charge on any atom is -0.379 e. The van der Waals surface area contributed by atoms with Crippen molar-refractivity contribution in [3.05, 3.63) is 24.3 Å². The third-order valence-electron chi connectivity index (χ3n) is 2.85. The first kappa shape index (κ1) is 15.1. The number of carbonyl (C=O) groups is 1. The van der Waals surface area contributed by atoms with E-state index < -0.39 is 17.0 Å². The highest BCUT2D eigenvalue weighted by Crippen LogP contribution is 2.37. The van der Waals surface area contributed by atoms with E-state index in [1.165, 1.54) is 24.3 Å². The predicted molar refractivity (Wildman–Crippen MR) is 69.3 cm³/mol. The van der Waals surface area contributed by atoms with Crippen LogP contribution in [0.15, 0.2) is 29.2 Å². The van der Waals surface area contributed by atoms with Crippen LogP contribution in [-0.4, -0.2) is 30.2 Å². The summed E-state index contributed by atoms with van der Waals surface area (Å²) in [5.74, 6) is -0.397. The lowest BCUT2D eigenvalue weighted by molar-refractivity contribution is -0.121. The number of halogens is 3. The Kier molecular flexibility index (Phi) is 4.26. The lowest BCUT2D eigenvalue weighted by Crippen LogP contribution is -2.51. The Balaban J connectivity index is 1.98. The van der Waals surface area contributed by atoms with E-state index >= 15 is 0 Å². The van der Waals surface area contributed by atoms with Gasteiger partial charge in [0.05, 0.1) is 6.61 Å². The molecule has 0 bridgehead atoms. The van der Waals surface area contributed by atoms with Gasteiger partial charge in [0, 0.05) is 17.2 Å². The molecule has 20 heavy (non-hydrogen) atoms. The van der Waals surface area contributed by atoms with Crippen molar-refractivity contribution < 1.29 is 22.7 Å². The van der Waals surface area contributed by atoms with Crippen molar-refractivity contribution >= 4 is 23.4 Å². The number of nitrogens with one attached hydrogen (secondary N) is 1. The number of hydrogen-bond donors (Lipinski definition) is 2. The molecule has 0 spiro atoms. The quantitative estimate of drug-likeness (QED) is 0.842. The maximum atomic E-state index is 12.2. The average molecular weight is 306 g/mol. The van der Waals surface area contributed by atoms with Gasteiger partial charge >= 0.3 is 5.51 Å². The Morgan fingerprint density at radius 3 is 2.50 bits per heavy atom. The van der Waals surface area contributed by atoms with Crippen LogP contribution in [0.3, 0.4) is 0 Å². The molecule has 1 atom stereocenters. The van der Waals surface area contributed by atoms with Crippen LogP contribution in [0.5, 0.6) is 0 Å². The van der Waals surface area contributed by atoms with Gasteiger partial charge in [-0.2, -0.15) is 13.2 Å². The van der Waals surface area contributed by atoms with E-state index in [-0.39, 0.29) is 23.3 Å². The molecule has 1 heterocycles. The van der Waals surface area contributed by atoms with Crippen molar-refractivity contribution in [1.82, 2.24) is 0 Å². The number of thioether (sulfide) groups is 1. The summed E-state index contributed by atoms with van der Waals surface area (Å²) >= 11 is -0.205. The number of anilines is 1. The van der Waals surface area contributed by atoms with E-state index in [1.807, 2.05) is 0 Å². The minimum absolute atomic E-state index is 0.0576. The van der Waals surface area contributed by atoms with Crippen LogP contribution in [0.2, 0.25) is 0 Å². The molecule has 0 saturated carbocycles. The van der Waals surface area contributed by atoms with Crippen LogP contribution < -0.4 is 11.1 Å². The molecule has 4 nitrogen and oxygen atoms in total. The maximum absolute atomic E-state index is 12.2. The second kappa shape index (κ2) is 5.63. The zero-order valence-corrected chi connectivity index (χ0v) is 11.2. The summed E-state index contributed by atoms with van der Waals surface area (Å²) < 4.78 is 41.6. The number of rotatable bonds is 3. The van der Waals surface area contributed by atoms with E-state index in [4.69, 9.17) is 10.5 Å². The van der Waals surface area contributed by atoms with Gasteiger partial charge in [-0.3, -0.25) is 4.79 Å². The van der Waals surface area contributed by atoms with Gasteiger partial charge < -0.3 is 15.8 Å². The SMILES string of the molecule is NC1(C(=O)Nc2ccc(SC(F)(F)F)cc2)CCOC1. The highest BCUT2D eigenvalue weighted by molar-refractivity contribution is 8.00. The van der Waals surface area contributed by atoms with Gasteiger partial charge in [0.1, 0.15) is 5.54 Å². The normalized spacial score (nSPS) is 22.8. The van der Waals surface area contributed by atoms with Crippen LogP contribution >= 0.6 is 11.8 Å². The Morgan fingerprint density at radius 1 is 1.35 bits per heavy atom. The second-order valence-corrected chi connectivity index (χ2v) is 5.62. The van der Waals surface area contributed by atoms with Crippen LogP contribution in [0.4, 0.5) is 18.9 Å². The Bertz CT molecular complexity index is 484. The van der Waals surface area contributed by atoms with Crippen molar-refractivity contribution in [2.75, 3.05) is 18.5 Å². The summed E-state index contributed by atoms with van der Waals surface area (Å²) in [7, 11) is 0. The topological polar surface area (TPSA) is 64.4 Å². The lowest BCUT2D eigenvalue weighted by atomic mass is 9.99. The molecule has 1 aromatic carbocycles. The molecular formula is C12H13F3N2O2S. The van der Waals surface area contributed by atoms with Gasteiger partial charge in [-0.05, 0) is 42.4 Å². The highest BCUT2D eigenvalue weighted by atomic mass is 32.2. The number of benzene rings is 1. The average Bonchev–Trinajstić information content (AvgIpc) is 2.78. The summed E-state index contributed by atoms with van der Waals surface area (Å²) in [5, 5.41) is 2.58. The van der Waals surface area contributed by atoms with E-state index in [0.29, 0.717) is 18.7 Å². The number of carbonyl (C=O) groups excluding carboxylic acids is 1. The number of amides is 1. The van der Waals surface area contributed by atoms with Crippen molar-refractivity contribution in [3.8, 4) is 0 Å². The molecule has 0 radical (unpaired) electrons. The molecule has 1 aliphatic rings. The molecule has 1 fully saturated rings. The molecule has 0 aromatic heterocycles. The largest absolute Gasteiger partial charge is 0.446 e. The van der Waals surface area contributed by atoms with Crippen LogP contribution in [-0.2, 0) is 9.53 Å². The summed E-state index contributed by atoms with van der Waals surface area (Å²) in [6.45, 7) is 0.561. The van der Waals surface area contributed by atoms with Gasteiger partial charge in [-0.15, -0.1) is 0 Å². The molecule has 3 N–H and O–H groups in total. The summed E-state index contributed by atoms with van der Waals surface area (Å²) in [5.41, 5.74) is 0.879. The molecule has 0 aliphatic carbocycles. The first-order valence-electron chi connectivity index (χ1n) is 5.82. The van der Waals surface area contributed by atoms with Gasteiger partial charge in [-0.1, -0.05) is 0 Å². The van der Waals surface area contributed by atoms with Crippen molar-refractivity contribution in [2.45, 2.75) is 22.4 Å². The van der Waals surface area contributed by atoms with Gasteiger partial charge in [0.25, 0.3) is 0 Å². The fraction of sp³-hybridized carbons (Fsp3) is 0.417. The molecule has 2 rings (SSSR count). The fourth-order valence-electron chi connectivity index (χ4n) is 1.76. The van der Waals surface area contributed by atoms with Crippen LogP contribution in [0, 0.1) is 0 Å². The summed E-state index contributed by atoms with van der Waals surface area (Å²) in [4.78, 5) is 12.0. The second-order valence-electron chi connectivity index (χ2n) is 4.49. The van der Waals surface area contributed by atoms with Gasteiger partial charge in [0.2, 0.25) is 5.91 Å². The van der Waals surface area contributed by atoms with E-state index in [2.05, 4.69) is 5.32 Å². The molecule has 1 aromatic rings. The number of alkyl halides is 3. The molecule has 1 amide bonds. The third-order valence-corrected chi connectivity index (χ3v) is 3.59. The minimum atomic E-state index is -4.33. The van der Waals surface area contributed by atoms with E-state index in [9.17, 15) is 18.0 Å². The lowest BCUT2D eigenvalue weighted by Gasteiger charge is -2.20. The highest BCUT2D eigenvalue weighted by Gasteiger charge is 2.38.